The highest BCUT2D eigenvalue weighted by Gasteiger charge is 2.09. The lowest BCUT2D eigenvalue weighted by atomic mass is 10.0. The van der Waals surface area contributed by atoms with E-state index in [1.165, 1.54) is 6.07 Å². The van der Waals surface area contributed by atoms with Gasteiger partial charge in [0.2, 0.25) is 0 Å². The smallest absolute Gasteiger partial charge is 0.161 e. The summed E-state index contributed by atoms with van der Waals surface area (Å²) in [4.78, 5) is 0. The number of methoxy groups -OCH3 is 1. The Morgan fingerprint density at radius 3 is 2.64 bits per heavy atom. The number of nitriles is 1. The zero-order valence-electron chi connectivity index (χ0n) is 12.5. The monoisotopic (exact) mass is 297 g/mol. The second-order valence-electron chi connectivity index (χ2n) is 4.49. The molecule has 0 saturated heterocycles. The second kappa shape index (κ2) is 7.28. The van der Waals surface area contributed by atoms with Gasteiger partial charge in [0.15, 0.2) is 11.5 Å². The van der Waals surface area contributed by atoms with E-state index in [0.717, 1.165) is 5.56 Å². The predicted molar refractivity (Wildman–Crippen MR) is 84.0 cm³/mol. The Morgan fingerprint density at radius 1 is 1.23 bits per heavy atom. The van der Waals surface area contributed by atoms with E-state index in [4.69, 9.17) is 9.47 Å². The first-order valence-corrected chi connectivity index (χ1v) is 6.87. The van der Waals surface area contributed by atoms with E-state index in [1.807, 2.05) is 13.0 Å². The molecule has 2 aromatic rings. The number of halogens is 1. The molecule has 0 bridgehead atoms. The molecule has 0 amide bonds. The van der Waals surface area contributed by atoms with Crippen LogP contribution in [0.15, 0.2) is 42.5 Å². The first-order valence-electron chi connectivity index (χ1n) is 6.87. The van der Waals surface area contributed by atoms with Crippen molar-refractivity contribution in [3.8, 4) is 17.6 Å². The zero-order valence-corrected chi connectivity index (χ0v) is 12.5. The van der Waals surface area contributed by atoms with Gasteiger partial charge in [-0.15, -0.1) is 0 Å². The van der Waals surface area contributed by atoms with Crippen molar-refractivity contribution in [1.82, 2.24) is 0 Å². The Hall–Kier alpha value is -2.80. The first kappa shape index (κ1) is 15.6. The van der Waals surface area contributed by atoms with Gasteiger partial charge in [0, 0.05) is 5.56 Å². The average Bonchev–Trinajstić information content (AvgIpc) is 2.54. The molecule has 0 aliphatic rings. The average molecular weight is 297 g/mol. The molecule has 0 spiro atoms. The third-order valence-corrected chi connectivity index (χ3v) is 3.08. The topological polar surface area (TPSA) is 42.2 Å². The van der Waals surface area contributed by atoms with Crippen molar-refractivity contribution in [2.75, 3.05) is 13.7 Å². The molecule has 0 radical (unpaired) electrons. The number of rotatable bonds is 5. The van der Waals surface area contributed by atoms with Gasteiger partial charge in [-0.2, -0.15) is 5.26 Å². The van der Waals surface area contributed by atoms with Crippen LogP contribution < -0.4 is 9.47 Å². The minimum absolute atomic E-state index is 0.255. The van der Waals surface area contributed by atoms with E-state index in [1.54, 1.807) is 49.6 Å². The molecule has 0 heterocycles. The van der Waals surface area contributed by atoms with Crippen LogP contribution >= 0.6 is 0 Å². The summed E-state index contributed by atoms with van der Waals surface area (Å²) in [6, 6.07) is 13.6. The predicted octanol–water partition coefficient (Wildman–Crippen LogP) is 4.30. The normalized spacial score (nSPS) is 10.9. The molecule has 112 valence electrons. The van der Waals surface area contributed by atoms with Gasteiger partial charge < -0.3 is 9.47 Å². The number of allylic oxidation sites excluding steroid dienone is 1. The van der Waals surface area contributed by atoms with Crippen LogP contribution in [0, 0.1) is 17.1 Å². The van der Waals surface area contributed by atoms with Crippen LogP contribution in [0.5, 0.6) is 11.5 Å². The van der Waals surface area contributed by atoms with Gasteiger partial charge in [0.05, 0.1) is 25.4 Å². The van der Waals surface area contributed by atoms with Crippen molar-refractivity contribution in [2.24, 2.45) is 0 Å². The number of nitrogens with zero attached hydrogens (tertiary/aromatic N) is 1. The van der Waals surface area contributed by atoms with Crippen molar-refractivity contribution in [2.45, 2.75) is 6.92 Å². The van der Waals surface area contributed by atoms with Crippen LogP contribution in [0.4, 0.5) is 4.39 Å². The molecule has 4 heteroatoms. The second-order valence-corrected chi connectivity index (χ2v) is 4.49. The van der Waals surface area contributed by atoms with Gasteiger partial charge in [0.1, 0.15) is 5.82 Å². The highest BCUT2D eigenvalue weighted by molar-refractivity contribution is 5.90. The van der Waals surface area contributed by atoms with Crippen molar-refractivity contribution in [1.29, 1.82) is 5.26 Å². The summed E-state index contributed by atoms with van der Waals surface area (Å²) in [7, 11) is 1.56. The highest BCUT2D eigenvalue weighted by Crippen LogP contribution is 2.30. The van der Waals surface area contributed by atoms with Crippen LogP contribution in [0.25, 0.3) is 11.6 Å². The zero-order chi connectivity index (χ0) is 15.9. The van der Waals surface area contributed by atoms with Gasteiger partial charge in [-0.1, -0.05) is 24.3 Å². The molecule has 0 aliphatic heterocycles. The lowest BCUT2D eigenvalue weighted by Gasteiger charge is -2.10. The summed E-state index contributed by atoms with van der Waals surface area (Å²) in [5.41, 5.74) is 1.27. The van der Waals surface area contributed by atoms with Gasteiger partial charge in [-0.25, -0.2) is 4.39 Å². The van der Waals surface area contributed by atoms with Crippen LogP contribution in [-0.4, -0.2) is 13.7 Å². The molecule has 0 fully saturated rings. The summed E-state index contributed by atoms with van der Waals surface area (Å²) in [6.07, 6.45) is 1.63. The van der Waals surface area contributed by atoms with Crippen LogP contribution in [0.3, 0.4) is 0 Å². The summed E-state index contributed by atoms with van der Waals surface area (Å²) in [6.45, 7) is 2.38. The molecular formula is C18H16FNO2. The van der Waals surface area contributed by atoms with E-state index in [2.05, 4.69) is 0 Å². The van der Waals surface area contributed by atoms with Crippen molar-refractivity contribution >= 4 is 11.6 Å². The molecule has 0 N–H and O–H groups in total. The maximum absolute atomic E-state index is 13.8. The highest BCUT2D eigenvalue weighted by atomic mass is 19.1. The lowest BCUT2D eigenvalue weighted by Crippen LogP contribution is -1.95. The van der Waals surface area contributed by atoms with E-state index in [-0.39, 0.29) is 11.1 Å². The summed E-state index contributed by atoms with van der Waals surface area (Å²) in [5.74, 6) is 0.779. The molecule has 2 rings (SSSR count). The molecule has 0 unspecified atom stereocenters. The molecule has 3 nitrogen and oxygen atoms in total. The maximum Gasteiger partial charge on any atom is 0.161 e. The number of benzene rings is 2. The standard InChI is InChI=1S/C18H16FNO2/c1-3-22-18-11-13(8-9-17(18)21-2)10-14(12-20)15-6-4-5-7-16(15)19/h4-11H,3H2,1-2H3/b14-10-. The van der Waals surface area contributed by atoms with Gasteiger partial charge in [0.25, 0.3) is 0 Å². The Kier molecular flexibility index (Phi) is 5.16. The fourth-order valence-corrected chi connectivity index (χ4v) is 2.07. The molecule has 0 saturated carbocycles. The van der Waals surface area contributed by atoms with Crippen LogP contribution in [0.1, 0.15) is 18.1 Å². The van der Waals surface area contributed by atoms with E-state index in [9.17, 15) is 9.65 Å². The Bertz CT molecular complexity index is 732. The van der Waals surface area contributed by atoms with Gasteiger partial charge >= 0.3 is 0 Å². The Morgan fingerprint density at radius 2 is 2.00 bits per heavy atom. The van der Waals surface area contributed by atoms with Crippen LogP contribution in [-0.2, 0) is 0 Å². The van der Waals surface area contributed by atoms with E-state index in [0.29, 0.717) is 18.1 Å². The quantitative estimate of drug-likeness (QED) is 0.610. The fraction of sp³-hybridized carbons (Fsp3) is 0.167. The van der Waals surface area contributed by atoms with Gasteiger partial charge in [-0.3, -0.25) is 0 Å². The molecule has 22 heavy (non-hydrogen) atoms. The maximum atomic E-state index is 13.8. The van der Waals surface area contributed by atoms with Crippen molar-refractivity contribution in [3.05, 3.63) is 59.4 Å². The number of hydrogen-bond acceptors (Lipinski definition) is 3. The largest absolute Gasteiger partial charge is 0.493 e. The number of ether oxygens (including phenoxy) is 2. The SMILES string of the molecule is CCOc1cc(/C=C(/C#N)c2ccccc2F)ccc1OC. The number of hydrogen-bond donors (Lipinski definition) is 0. The minimum Gasteiger partial charge on any atom is -0.493 e. The molecule has 2 aromatic carbocycles. The summed E-state index contributed by atoms with van der Waals surface area (Å²) < 4.78 is 24.5. The van der Waals surface area contributed by atoms with Crippen molar-refractivity contribution < 1.29 is 13.9 Å². The molecule has 0 aromatic heterocycles. The lowest BCUT2D eigenvalue weighted by molar-refractivity contribution is 0.311. The Balaban J connectivity index is 2.45. The van der Waals surface area contributed by atoms with Crippen LogP contribution in [0.2, 0.25) is 0 Å². The molecule has 0 atom stereocenters. The molecule has 0 aliphatic carbocycles. The third-order valence-electron chi connectivity index (χ3n) is 3.08. The Labute approximate surface area is 129 Å². The fourth-order valence-electron chi connectivity index (χ4n) is 2.07. The van der Waals surface area contributed by atoms with E-state index < -0.39 is 5.82 Å². The third kappa shape index (κ3) is 3.44. The summed E-state index contributed by atoms with van der Waals surface area (Å²) >= 11 is 0. The first-order chi connectivity index (χ1) is 10.7. The minimum atomic E-state index is -0.422. The molecular weight excluding hydrogens is 281 g/mol. The van der Waals surface area contributed by atoms with Gasteiger partial charge in [-0.05, 0) is 36.8 Å². The van der Waals surface area contributed by atoms with E-state index >= 15 is 0 Å². The van der Waals surface area contributed by atoms with Crippen molar-refractivity contribution in [3.63, 3.8) is 0 Å². The summed E-state index contributed by atoms with van der Waals surface area (Å²) in [5, 5.41) is 9.30.